The minimum Gasteiger partial charge on any atom is -0.357 e. The zero-order chi connectivity index (χ0) is 17.5. The summed E-state index contributed by atoms with van der Waals surface area (Å²) in [5, 5.41) is 13.5. The van der Waals surface area contributed by atoms with Gasteiger partial charge in [-0.1, -0.05) is 42.5 Å². The van der Waals surface area contributed by atoms with E-state index < -0.39 is 0 Å². The minimum atomic E-state index is 0. The molecule has 2 aromatic carbocycles. The lowest BCUT2D eigenvalue weighted by atomic mass is 10.0. The Morgan fingerprint density at radius 1 is 1.08 bits per heavy atom. The van der Waals surface area contributed by atoms with Crippen molar-refractivity contribution in [2.24, 2.45) is 12.0 Å². The zero-order valence-electron chi connectivity index (χ0n) is 15.3. The predicted octanol–water partition coefficient (Wildman–Crippen LogP) is 3.49. The molecule has 3 aromatic rings. The molecule has 5 nitrogen and oxygen atoms in total. The molecule has 0 aliphatic heterocycles. The Morgan fingerprint density at radius 2 is 1.88 bits per heavy atom. The van der Waals surface area contributed by atoms with E-state index >= 15 is 0 Å². The first kappa shape index (κ1) is 20.2. The summed E-state index contributed by atoms with van der Waals surface area (Å²) in [4.78, 5) is 4.64. The molecule has 0 bridgehead atoms. The lowest BCUT2D eigenvalue weighted by Gasteiger charge is -2.12. The van der Waals surface area contributed by atoms with Crippen molar-refractivity contribution >= 4 is 40.7 Å². The maximum atomic E-state index is 4.64. The summed E-state index contributed by atoms with van der Waals surface area (Å²) in [6, 6.07) is 17.0. The van der Waals surface area contributed by atoms with E-state index in [1.54, 1.807) is 6.20 Å². The Kier molecular flexibility index (Phi) is 7.90. The van der Waals surface area contributed by atoms with Gasteiger partial charge in [0, 0.05) is 26.3 Å². The maximum absolute atomic E-state index is 4.64. The van der Waals surface area contributed by atoms with Crippen LogP contribution in [0.15, 0.2) is 59.7 Å². The molecule has 138 valence electrons. The topological polar surface area (TPSA) is 54.2 Å². The normalized spacial score (nSPS) is 11.2. The number of guanidine groups is 1. The van der Waals surface area contributed by atoms with E-state index in [0.717, 1.165) is 31.2 Å². The largest absolute Gasteiger partial charge is 0.357 e. The second-order valence-electron chi connectivity index (χ2n) is 5.96. The van der Waals surface area contributed by atoms with Gasteiger partial charge in [-0.15, -0.1) is 24.0 Å². The number of hydrogen-bond acceptors (Lipinski definition) is 2. The van der Waals surface area contributed by atoms with Gasteiger partial charge < -0.3 is 10.6 Å². The number of aromatic nitrogens is 2. The summed E-state index contributed by atoms with van der Waals surface area (Å²) in [6.45, 7) is 4.36. The molecule has 0 spiro atoms. The average Bonchev–Trinajstić information content (AvgIpc) is 3.05. The Hall–Kier alpha value is -2.09. The van der Waals surface area contributed by atoms with Gasteiger partial charge in [-0.3, -0.25) is 4.68 Å². The van der Waals surface area contributed by atoms with Crippen LogP contribution < -0.4 is 10.6 Å². The number of aliphatic imine (C=N–C) groups is 1. The first-order valence-corrected chi connectivity index (χ1v) is 8.73. The Balaban J connectivity index is 0.00000243. The van der Waals surface area contributed by atoms with Gasteiger partial charge in [0.1, 0.15) is 0 Å². The SMILES string of the molecule is CCNC(=NCc1ccnn1C)NCCc1cccc2ccccc12.I. The van der Waals surface area contributed by atoms with Gasteiger partial charge in [0.05, 0.1) is 12.2 Å². The maximum Gasteiger partial charge on any atom is 0.191 e. The van der Waals surface area contributed by atoms with Crippen LogP contribution in [0.25, 0.3) is 10.8 Å². The fraction of sp³-hybridized carbons (Fsp3) is 0.300. The zero-order valence-corrected chi connectivity index (χ0v) is 17.6. The molecule has 2 N–H and O–H groups in total. The molecule has 0 unspecified atom stereocenters. The van der Waals surface area contributed by atoms with Crippen molar-refractivity contribution in [3.05, 3.63) is 66.0 Å². The van der Waals surface area contributed by atoms with Gasteiger partial charge in [-0.25, -0.2) is 4.99 Å². The van der Waals surface area contributed by atoms with Gasteiger partial charge >= 0.3 is 0 Å². The van der Waals surface area contributed by atoms with Crippen LogP contribution in [0.3, 0.4) is 0 Å². The van der Waals surface area contributed by atoms with Crippen LogP contribution >= 0.6 is 24.0 Å². The monoisotopic (exact) mass is 463 g/mol. The van der Waals surface area contributed by atoms with E-state index in [-0.39, 0.29) is 24.0 Å². The minimum absolute atomic E-state index is 0. The number of nitrogens with zero attached hydrogens (tertiary/aromatic N) is 3. The summed E-state index contributed by atoms with van der Waals surface area (Å²) in [7, 11) is 1.94. The molecule has 0 amide bonds. The highest BCUT2D eigenvalue weighted by atomic mass is 127. The molecule has 0 aliphatic rings. The van der Waals surface area contributed by atoms with Crippen LogP contribution in [0.4, 0.5) is 0 Å². The highest BCUT2D eigenvalue weighted by Gasteiger charge is 2.03. The second kappa shape index (κ2) is 10.2. The smallest absolute Gasteiger partial charge is 0.191 e. The molecule has 0 saturated carbocycles. The van der Waals surface area contributed by atoms with E-state index in [1.807, 2.05) is 17.8 Å². The summed E-state index contributed by atoms with van der Waals surface area (Å²) in [5.74, 6) is 0.837. The fourth-order valence-corrected chi connectivity index (χ4v) is 2.88. The van der Waals surface area contributed by atoms with Crippen molar-refractivity contribution in [1.82, 2.24) is 20.4 Å². The van der Waals surface area contributed by atoms with Crippen molar-refractivity contribution in [3.63, 3.8) is 0 Å². The molecule has 0 atom stereocenters. The number of nitrogens with one attached hydrogen (secondary N) is 2. The number of hydrogen-bond donors (Lipinski definition) is 2. The third-order valence-corrected chi connectivity index (χ3v) is 4.23. The highest BCUT2D eigenvalue weighted by molar-refractivity contribution is 14.0. The molecule has 1 heterocycles. The van der Waals surface area contributed by atoms with Crippen LogP contribution in [0.5, 0.6) is 0 Å². The Labute approximate surface area is 171 Å². The fourth-order valence-electron chi connectivity index (χ4n) is 2.88. The molecule has 0 fully saturated rings. The summed E-state index contributed by atoms with van der Waals surface area (Å²) in [6.07, 6.45) is 2.75. The van der Waals surface area contributed by atoms with Crippen molar-refractivity contribution in [2.75, 3.05) is 13.1 Å². The van der Waals surface area contributed by atoms with Gasteiger partial charge in [0.2, 0.25) is 0 Å². The molecular formula is C20H26IN5. The van der Waals surface area contributed by atoms with E-state index in [1.165, 1.54) is 16.3 Å². The average molecular weight is 463 g/mol. The Morgan fingerprint density at radius 3 is 2.65 bits per heavy atom. The van der Waals surface area contributed by atoms with Crippen molar-refractivity contribution < 1.29 is 0 Å². The van der Waals surface area contributed by atoms with Gasteiger partial charge in [0.25, 0.3) is 0 Å². The van der Waals surface area contributed by atoms with Gasteiger partial charge in [-0.2, -0.15) is 5.10 Å². The van der Waals surface area contributed by atoms with Gasteiger partial charge in [-0.05, 0) is 35.7 Å². The second-order valence-corrected chi connectivity index (χ2v) is 5.96. The standard InChI is InChI=1S/C20H25N5.HI/c1-3-21-20(23-15-18-12-14-24-25(18)2)22-13-11-17-9-6-8-16-7-4-5-10-19(16)17;/h4-10,12,14H,3,11,13,15H2,1-2H3,(H2,21,22,23);1H. The van der Waals surface area contributed by atoms with Crippen molar-refractivity contribution in [1.29, 1.82) is 0 Å². The summed E-state index contributed by atoms with van der Waals surface area (Å²) in [5.41, 5.74) is 2.44. The van der Waals surface area contributed by atoms with Gasteiger partial charge in [0.15, 0.2) is 5.96 Å². The van der Waals surface area contributed by atoms with Crippen LogP contribution in [0, 0.1) is 0 Å². The first-order valence-electron chi connectivity index (χ1n) is 8.73. The van der Waals surface area contributed by atoms with Crippen molar-refractivity contribution in [2.45, 2.75) is 19.9 Å². The summed E-state index contributed by atoms with van der Waals surface area (Å²) >= 11 is 0. The van der Waals surface area contributed by atoms with Crippen LogP contribution in [0.2, 0.25) is 0 Å². The van der Waals surface area contributed by atoms with E-state index in [2.05, 4.69) is 70.1 Å². The molecule has 26 heavy (non-hydrogen) atoms. The number of rotatable bonds is 6. The molecule has 1 aromatic heterocycles. The van der Waals surface area contributed by atoms with Crippen LogP contribution in [-0.2, 0) is 20.0 Å². The predicted molar refractivity (Wildman–Crippen MR) is 119 cm³/mol. The molecular weight excluding hydrogens is 437 g/mol. The molecule has 0 aliphatic carbocycles. The quantitative estimate of drug-likeness (QED) is 0.335. The summed E-state index contributed by atoms with van der Waals surface area (Å²) < 4.78 is 1.85. The number of halogens is 1. The van der Waals surface area contributed by atoms with E-state index in [0.29, 0.717) is 6.54 Å². The lowest BCUT2D eigenvalue weighted by Crippen LogP contribution is -2.38. The first-order chi connectivity index (χ1) is 12.3. The third-order valence-electron chi connectivity index (χ3n) is 4.23. The Bertz CT molecular complexity index is 851. The van der Waals surface area contributed by atoms with E-state index in [9.17, 15) is 0 Å². The highest BCUT2D eigenvalue weighted by Crippen LogP contribution is 2.18. The number of benzene rings is 2. The number of aryl methyl sites for hydroxylation is 1. The molecule has 0 radical (unpaired) electrons. The molecule has 0 saturated heterocycles. The van der Waals surface area contributed by atoms with Crippen LogP contribution in [0.1, 0.15) is 18.2 Å². The number of fused-ring (bicyclic) bond motifs is 1. The lowest BCUT2D eigenvalue weighted by molar-refractivity contribution is 0.707. The van der Waals surface area contributed by atoms with Crippen LogP contribution in [-0.4, -0.2) is 28.8 Å². The van der Waals surface area contributed by atoms with Crippen molar-refractivity contribution in [3.8, 4) is 0 Å². The third kappa shape index (κ3) is 5.20. The molecule has 3 rings (SSSR count). The molecule has 6 heteroatoms. The van der Waals surface area contributed by atoms with E-state index in [4.69, 9.17) is 0 Å².